The first-order valence-corrected chi connectivity index (χ1v) is 7.35. The minimum atomic E-state index is -1.06. The van der Waals surface area contributed by atoms with Gasteiger partial charge in [-0.25, -0.2) is 4.99 Å². The number of aliphatic hydroxyl groups is 1. The van der Waals surface area contributed by atoms with Crippen LogP contribution >= 0.6 is 0 Å². The zero-order valence-corrected chi connectivity index (χ0v) is 11.9. The Bertz CT molecular complexity index is 318. The summed E-state index contributed by atoms with van der Waals surface area (Å²) in [6.45, 7) is 3.89. The number of rotatable bonds is 10. The average Bonchev–Trinajstić information content (AvgIpc) is 2.71. The van der Waals surface area contributed by atoms with Crippen molar-refractivity contribution in [1.29, 1.82) is 0 Å². The summed E-state index contributed by atoms with van der Waals surface area (Å²) in [5.41, 5.74) is 0. The monoisotopic (exact) mass is 270 g/mol. The quantitative estimate of drug-likeness (QED) is 0.459. The predicted octanol–water partition coefficient (Wildman–Crippen LogP) is 0.318. The fourth-order valence-electron chi connectivity index (χ4n) is 2.78. The van der Waals surface area contributed by atoms with Gasteiger partial charge in [0.05, 0.1) is 19.1 Å². The van der Waals surface area contributed by atoms with E-state index in [4.69, 9.17) is 0 Å². The van der Waals surface area contributed by atoms with Crippen LogP contribution in [0.1, 0.15) is 45.4 Å². The molecule has 1 heterocycles. The Morgan fingerprint density at radius 3 is 2.74 bits per heavy atom. The molecule has 0 saturated heterocycles. The van der Waals surface area contributed by atoms with Gasteiger partial charge in [-0.15, -0.1) is 0 Å². The van der Waals surface area contributed by atoms with Gasteiger partial charge >= 0.3 is 0 Å². The van der Waals surface area contributed by atoms with Gasteiger partial charge in [0.2, 0.25) is 0 Å². The Kier molecular flexibility index (Phi) is 7.02. The molecule has 0 aromatic rings. The molecule has 0 aromatic carbocycles. The first-order chi connectivity index (χ1) is 9.14. The van der Waals surface area contributed by atoms with Crippen LogP contribution in [0, 0.1) is 0 Å². The Morgan fingerprint density at radius 2 is 2.11 bits per heavy atom. The summed E-state index contributed by atoms with van der Waals surface area (Å²) in [5.74, 6) is -0.121. The molecule has 1 aliphatic rings. The van der Waals surface area contributed by atoms with Crippen molar-refractivity contribution in [2.24, 2.45) is 4.99 Å². The predicted molar refractivity (Wildman–Crippen MR) is 72.6 cm³/mol. The number of quaternary nitrogens is 1. The number of aliphatic hydroxyl groups excluding tert-OH is 1. The lowest BCUT2D eigenvalue weighted by atomic mass is 10.1. The summed E-state index contributed by atoms with van der Waals surface area (Å²) >= 11 is 0. The minimum Gasteiger partial charge on any atom is -0.544 e. The van der Waals surface area contributed by atoms with Gasteiger partial charge in [0.15, 0.2) is 5.84 Å². The number of hydrogen-bond acceptors (Lipinski definition) is 4. The Morgan fingerprint density at radius 1 is 1.37 bits per heavy atom. The van der Waals surface area contributed by atoms with Crippen LogP contribution in [-0.2, 0) is 4.79 Å². The molecule has 110 valence electrons. The zero-order chi connectivity index (χ0) is 14.1. The fourth-order valence-corrected chi connectivity index (χ4v) is 2.78. The fraction of sp³-hybridized carbons (Fsp3) is 0.857. The minimum absolute atomic E-state index is 0.0118. The molecule has 1 aliphatic heterocycles. The molecule has 0 spiro atoms. The molecule has 0 bridgehead atoms. The van der Waals surface area contributed by atoms with E-state index in [1.165, 1.54) is 19.3 Å². The molecular formula is C14H26N2O3. The van der Waals surface area contributed by atoms with Crippen molar-refractivity contribution in [1.82, 2.24) is 0 Å². The molecule has 1 N–H and O–H groups in total. The second-order valence-corrected chi connectivity index (χ2v) is 5.31. The highest BCUT2D eigenvalue weighted by Crippen LogP contribution is 2.19. The van der Waals surface area contributed by atoms with E-state index in [0.29, 0.717) is 24.1 Å². The summed E-state index contributed by atoms with van der Waals surface area (Å²) in [5, 5.41) is 20.1. The molecule has 1 rings (SSSR count). The number of aliphatic imine (C=N–C) groups is 1. The van der Waals surface area contributed by atoms with Gasteiger partial charge in [-0.3, -0.25) is 4.48 Å². The number of carbonyl (C=O) groups excluding carboxylic acids is 1. The maximum absolute atomic E-state index is 10.9. The highest BCUT2D eigenvalue weighted by Gasteiger charge is 2.37. The average molecular weight is 270 g/mol. The normalized spacial score (nSPS) is 22.5. The highest BCUT2D eigenvalue weighted by molar-refractivity contribution is 5.79. The van der Waals surface area contributed by atoms with E-state index < -0.39 is 5.97 Å². The molecule has 1 unspecified atom stereocenters. The first kappa shape index (κ1) is 16.1. The summed E-state index contributed by atoms with van der Waals surface area (Å²) in [6.07, 6.45) is 6.76. The highest BCUT2D eigenvalue weighted by atomic mass is 16.4. The number of amidine groups is 1. The van der Waals surface area contributed by atoms with Crippen molar-refractivity contribution < 1.29 is 19.5 Å². The Balaban J connectivity index is 2.50. The van der Waals surface area contributed by atoms with Crippen molar-refractivity contribution in [2.45, 2.75) is 45.4 Å². The van der Waals surface area contributed by atoms with E-state index >= 15 is 0 Å². The maximum Gasteiger partial charge on any atom is 0.198 e. The van der Waals surface area contributed by atoms with Crippen LogP contribution in [0.3, 0.4) is 0 Å². The lowest BCUT2D eigenvalue weighted by Crippen LogP contribution is -2.57. The molecule has 19 heavy (non-hydrogen) atoms. The third-order valence-electron chi connectivity index (χ3n) is 3.83. The van der Waals surface area contributed by atoms with Crippen LogP contribution in [0.5, 0.6) is 0 Å². The molecule has 0 amide bonds. The molecule has 5 heteroatoms. The van der Waals surface area contributed by atoms with Gasteiger partial charge in [-0.1, -0.05) is 32.6 Å². The number of carboxylic acids is 1. The topological polar surface area (TPSA) is 72.7 Å². The maximum atomic E-state index is 10.9. The van der Waals surface area contributed by atoms with Crippen LogP contribution in [-0.4, -0.2) is 54.2 Å². The second-order valence-electron chi connectivity index (χ2n) is 5.31. The van der Waals surface area contributed by atoms with Crippen molar-refractivity contribution in [2.75, 3.05) is 32.8 Å². The molecule has 0 fully saturated rings. The van der Waals surface area contributed by atoms with Gasteiger partial charge in [-0.2, -0.15) is 0 Å². The van der Waals surface area contributed by atoms with Gasteiger partial charge in [0.1, 0.15) is 19.6 Å². The van der Waals surface area contributed by atoms with Gasteiger partial charge in [0.25, 0.3) is 0 Å². The third kappa shape index (κ3) is 4.91. The van der Waals surface area contributed by atoms with E-state index in [0.717, 1.165) is 25.1 Å². The zero-order valence-electron chi connectivity index (χ0n) is 11.9. The summed E-state index contributed by atoms with van der Waals surface area (Å²) in [4.78, 5) is 15.4. The summed E-state index contributed by atoms with van der Waals surface area (Å²) < 4.78 is 0.298. The standard InChI is InChI=1S/C14H26N2O3/c1-2-3-4-5-6-7-13-15-8-9-16(13,10-11-17)12-14(18)19/h17H,2-12H2,1H3. The summed E-state index contributed by atoms with van der Waals surface area (Å²) in [6, 6.07) is 0. The molecular weight excluding hydrogens is 244 g/mol. The van der Waals surface area contributed by atoms with Crippen LogP contribution in [0.25, 0.3) is 0 Å². The van der Waals surface area contributed by atoms with Crippen LogP contribution < -0.4 is 5.11 Å². The van der Waals surface area contributed by atoms with Gasteiger partial charge in [-0.05, 0) is 6.42 Å². The lowest BCUT2D eigenvalue weighted by molar-refractivity contribution is -0.831. The number of unbranched alkanes of at least 4 members (excludes halogenated alkanes) is 4. The van der Waals surface area contributed by atoms with Gasteiger partial charge in [0, 0.05) is 6.42 Å². The van der Waals surface area contributed by atoms with Crippen molar-refractivity contribution >= 4 is 11.8 Å². The smallest absolute Gasteiger partial charge is 0.198 e. The molecule has 1 atom stereocenters. The molecule has 0 saturated carbocycles. The van der Waals surface area contributed by atoms with E-state index in [2.05, 4.69) is 11.9 Å². The van der Waals surface area contributed by atoms with Crippen molar-refractivity contribution in [3.8, 4) is 0 Å². The number of nitrogens with zero attached hydrogens (tertiary/aromatic N) is 2. The number of hydrogen-bond donors (Lipinski definition) is 1. The Labute approximate surface area is 115 Å². The van der Waals surface area contributed by atoms with Gasteiger partial charge < -0.3 is 15.0 Å². The number of aliphatic carboxylic acids is 1. The Hall–Kier alpha value is -0.940. The largest absolute Gasteiger partial charge is 0.544 e. The van der Waals surface area contributed by atoms with E-state index in [9.17, 15) is 15.0 Å². The summed E-state index contributed by atoms with van der Waals surface area (Å²) in [7, 11) is 0. The van der Waals surface area contributed by atoms with E-state index in [1.54, 1.807) is 0 Å². The van der Waals surface area contributed by atoms with E-state index in [-0.39, 0.29) is 13.2 Å². The SMILES string of the molecule is CCCCCCCC1=NCC[N+]1(CCO)CC(=O)[O-]. The molecule has 0 aromatic heterocycles. The van der Waals surface area contributed by atoms with Crippen LogP contribution in [0.4, 0.5) is 0 Å². The van der Waals surface area contributed by atoms with Crippen molar-refractivity contribution in [3.63, 3.8) is 0 Å². The molecule has 0 radical (unpaired) electrons. The van der Waals surface area contributed by atoms with Crippen LogP contribution in [0.2, 0.25) is 0 Å². The molecule has 0 aliphatic carbocycles. The first-order valence-electron chi connectivity index (χ1n) is 7.35. The lowest BCUT2D eigenvalue weighted by Gasteiger charge is -2.34. The van der Waals surface area contributed by atoms with E-state index in [1.807, 2.05) is 0 Å². The third-order valence-corrected chi connectivity index (χ3v) is 3.83. The number of carboxylic acid groups (broad SMARTS) is 1. The number of carbonyl (C=O) groups is 1. The van der Waals surface area contributed by atoms with Crippen LogP contribution in [0.15, 0.2) is 4.99 Å². The molecule has 5 nitrogen and oxygen atoms in total. The second kappa shape index (κ2) is 8.27. The van der Waals surface area contributed by atoms with Crippen molar-refractivity contribution in [3.05, 3.63) is 0 Å².